The summed E-state index contributed by atoms with van der Waals surface area (Å²) in [5.41, 5.74) is 1.88. The minimum Gasteiger partial charge on any atom is -0.481 e. The SMILES string of the molecule is COc1ncccc1Cn1cccc1C(C)O. The Hall–Kier alpha value is -1.81. The Bertz CT molecular complexity index is 492. The summed E-state index contributed by atoms with van der Waals surface area (Å²) in [5.74, 6) is 0.623. The van der Waals surface area contributed by atoms with E-state index in [1.54, 1.807) is 20.2 Å². The maximum absolute atomic E-state index is 9.63. The van der Waals surface area contributed by atoms with Gasteiger partial charge >= 0.3 is 0 Å². The van der Waals surface area contributed by atoms with Gasteiger partial charge in [-0.05, 0) is 25.1 Å². The molecule has 2 heterocycles. The van der Waals surface area contributed by atoms with Crippen molar-refractivity contribution in [3.63, 3.8) is 0 Å². The lowest BCUT2D eigenvalue weighted by Crippen LogP contribution is -2.07. The van der Waals surface area contributed by atoms with Crippen molar-refractivity contribution in [3.8, 4) is 5.88 Å². The Morgan fingerprint density at radius 3 is 2.94 bits per heavy atom. The molecule has 17 heavy (non-hydrogen) atoms. The van der Waals surface area contributed by atoms with Gasteiger partial charge in [-0.15, -0.1) is 0 Å². The molecular formula is C13H16N2O2. The lowest BCUT2D eigenvalue weighted by atomic mass is 10.2. The molecule has 4 nitrogen and oxygen atoms in total. The normalized spacial score (nSPS) is 12.4. The maximum Gasteiger partial charge on any atom is 0.218 e. The number of aliphatic hydroxyl groups excluding tert-OH is 1. The summed E-state index contributed by atoms with van der Waals surface area (Å²) in [6, 6.07) is 7.68. The first-order chi connectivity index (χ1) is 8.22. The average molecular weight is 232 g/mol. The zero-order valence-corrected chi connectivity index (χ0v) is 10.00. The predicted octanol–water partition coefficient (Wildman–Crippen LogP) is 1.99. The highest BCUT2D eigenvalue weighted by Crippen LogP contribution is 2.19. The quantitative estimate of drug-likeness (QED) is 0.877. The third kappa shape index (κ3) is 2.47. The summed E-state index contributed by atoms with van der Waals surface area (Å²) < 4.78 is 7.20. The van der Waals surface area contributed by atoms with Gasteiger partial charge in [0.05, 0.1) is 19.8 Å². The van der Waals surface area contributed by atoms with Crippen molar-refractivity contribution in [2.24, 2.45) is 0 Å². The van der Waals surface area contributed by atoms with Gasteiger partial charge in [0.25, 0.3) is 0 Å². The predicted molar refractivity (Wildman–Crippen MR) is 65.0 cm³/mol. The van der Waals surface area contributed by atoms with Gasteiger partial charge in [0.2, 0.25) is 5.88 Å². The van der Waals surface area contributed by atoms with E-state index in [1.165, 1.54) is 0 Å². The molecule has 0 aliphatic heterocycles. The molecule has 90 valence electrons. The fourth-order valence-corrected chi connectivity index (χ4v) is 1.86. The van der Waals surface area contributed by atoms with E-state index in [4.69, 9.17) is 4.74 Å². The molecule has 0 aliphatic rings. The molecule has 0 saturated carbocycles. The summed E-state index contributed by atoms with van der Waals surface area (Å²) >= 11 is 0. The second-order valence-electron chi connectivity index (χ2n) is 3.91. The molecule has 1 atom stereocenters. The molecular weight excluding hydrogens is 216 g/mol. The van der Waals surface area contributed by atoms with Gasteiger partial charge in [-0.3, -0.25) is 0 Å². The Morgan fingerprint density at radius 2 is 2.24 bits per heavy atom. The van der Waals surface area contributed by atoms with Gasteiger partial charge in [-0.25, -0.2) is 4.98 Å². The molecule has 2 aromatic heterocycles. The van der Waals surface area contributed by atoms with Crippen LogP contribution in [-0.4, -0.2) is 21.8 Å². The Labute approximate surface area is 100 Å². The van der Waals surface area contributed by atoms with E-state index in [0.29, 0.717) is 12.4 Å². The monoisotopic (exact) mass is 232 g/mol. The van der Waals surface area contributed by atoms with Gasteiger partial charge in [0.1, 0.15) is 0 Å². The topological polar surface area (TPSA) is 47.3 Å². The third-order valence-corrected chi connectivity index (χ3v) is 2.68. The maximum atomic E-state index is 9.63. The lowest BCUT2D eigenvalue weighted by molar-refractivity contribution is 0.189. The van der Waals surface area contributed by atoms with Crippen LogP contribution in [0.3, 0.4) is 0 Å². The molecule has 1 unspecified atom stereocenters. The van der Waals surface area contributed by atoms with Crippen molar-refractivity contribution >= 4 is 0 Å². The Kier molecular flexibility index (Phi) is 3.44. The first kappa shape index (κ1) is 11.7. The summed E-state index contributed by atoms with van der Waals surface area (Å²) in [6.07, 6.45) is 3.16. The number of rotatable bonds is 4. The van der Waals surface area contributed by atoms with Crippen LogP contribution in [0.2, 0.25) is 0 Å². The molecule has 0 spiro atoms. The van der Waals surface area contributed by atoms with Crippen molar-refractivity contribution < 1.29 is 9.84 Å². The van der Waals surface area contributed by atoms with E-state index in [2.05, 4.69) is 4.98 Å². The highest BCUT2D eigenvalue weighted by molar-refractivity contribution is 5.26. The molecule has 0 aromatic carbocycles. The zero-order chi connectivity index (χ0) is 12.3. The van der Waals surface area contributed by atoms with Crippen LogP contribution >= 0.6 is 0 Å². The van der Waals surface area contributed by atoms with Crippen LogP contribution in [0.1, 0.15) is 24.3 Å². The fourth-order valence-electron chi connectivity index (χ4n) is 1.86. The minimum atomic E-state index is -0.479. The molecule has 0 aliphatic carbocycles. The molecule has 0 fully saturated rings. The number of methoxy groups -OCH3 is 1. The number of aromatic nitrogens is 2. The smallest absolute Gasteiger partial charge is 0.218 e. The number of nitrogens with zero attached hydrogens (tertiary/aromatic N) is 2. The lowest BCUT2D eigenvalue weighted by Gasteiger charge is -2.12. The summed E-state index contributed by atoms with van der Waals surface area (Å²) in [5, 5.41) is 9.63. The van der Waals surface area contributed by atoms with Crippen LogP contribution in [0, 0.1) is 0 Å². The van der Waals surface area contributed by atoms with E-state index in [9.17, 15) is 5.11 Å². The molecule has 2 rings (SSSR count). The third-order valence-electron chi connectivity index (χ3n) is 2.68. The second kappa shape index (κ2) is 5.01. The van der Waals surface area contributed by atoms with E-state index in [0.717, 1.165) is 11.3 Å². The number of aliphatic hydroxyl groups is 1. The van der Waals surface area contributed by atoms with Crippen LogP contribution in [0.5, 0.6) is 5.88 Å². The summed E-state index contributed by atoms with van der Waals surface area (Å²) in [7, 11) is 1.61. The van der Waals surface area contributed by atoms with Crippen LogP contribution in [0.25, 0.3) is 0 Å². The minimum absolute atomic E-state index is 0.479. The highest BCUT2D eigenvalue weighted by atomic mass is 16.5. The summed E-state index contributed by atoms with van der Waals surface area (Å²) in [6.45, 7) is 2.40. The number of hydrogen-bond donors (Lipinski definition) is 1. The number of ether oxygens (including phenoxy) is 1. The van der Waals surface area contributed by atoms with Gasteiger partial charge in [0.15, 0.2) is 0 Å². The summed E-state index contributed by atoms with van der Waals surface area (Å²) in [4.78, 5) is 4.15. The first-order valence-electron chi connectivity index (χ1n) is 5.53. The van der Waals surface area contributed by atoms with Crippen LogP contribution in [0.15, 0.2) is 36.7 Å². The van der Waals surface area contributed by atoms with E-state index in [-0.39, 0.29) is 0 Å². The van der Waals surface area contributed by atoms with Crippen LogP contribution < -0.4 is 4.74 Å². The van der Waals surface area contributed by atoms with Crippen molar-refractivity contribution in [1.29, 1.82) is 0 Å². The Balaban J connectivity index is 2.28. The molecule has 0 radical (unpaired) electrons. The number of pyridine rings is 1. The standard InChI is InChI=1S/C13H16N2O2/c1-10(16)12-6-4-8-15(12)9-11-5-3-7-14-13(11)17-2/h3-8,10,16H,9H2,1-2H3. The Morgan fingerprint density at radius 1 is 1.41 bits per heavy atom. The van der Waals surface area contributed by atoms with E-state index >= 15 is 0 Å². The van der Waals surface area contributed by atoms with Gasteiger partial charge in [-0.2, -0.15) is 0 Å². The molecule has 0 bridgehead atoms. The second-order valence-corrected chi connectivity index (χ2v) is 3.91. The number of hydrogen-bond acceptors (Lipinski definition) is 3. The van der Waals surface area contributed by atoms with Crippen molar-refractivity contribution in [1.82, 2.24) is 9.55 Å². The van der Waals surface area contributed by atoms with Crippen molar-refractivity contribution in [2.45, 2.75) is 19.6 Å². The van der Waals surface area contributed by atoms with E-state index < -0.39 is 6.10 Å². The van der Waals surface area contributed by atoms with Gasteiger partial charge in [-0.1, -0.05) is 6.07 Å². The molecule has 4 heteroatoms. The van der Waals surface area contributed by atoms with E-state index in [1.807, 2.05) is 35.0 Å². The fraction of sp³-hybridized carbons (Fsp3) is 0.308. The molecule has 2 aromatic rings. The van der Waals surface area contributed by atoms with Crippen LogP contribution in [0.4, 0.5) is 0 Å². The molecule has 1 N–H and O–H groups in total. The van der Waals surface area contributed by atoms with Crippen LogP contribution in [-0.2, 0) is 6.54 Å². The molecule has 0 amide bonds. The van der Waals surface area contributed by atoms with Gasteiger partial charge in [0, 0.05) is 23.7 Å². The first-order valence-corrected chi connectivity index (χ1v) is 5.53. The molecule has 0 saturated heterocycles. The van der Waals surface area contributed by atoms with Crippen molar-refractivity contribution in [2.75, 3.05) is 7.11 Å². The van der Waals surface area contributed by atoms with Crippen molar-refractivity contribution in [3.05, 3.63) is 47.9 Å². The zero-order valence-electron chi connectivity index (χ0n) is 10.00. The largest absolute Gasteiger partial charge is 0.481 e. The van der Waals surface area contributed by atoms with Gasteiger partial charge < -0.3 is 14.4 Å². The average Bonchev–Trinajstić information content (AvgIpc) is 2.78. The highest BCUT2D eigenvalue weighted by Gasteiger charge is 2.09.